The fourth-order valence-corrected chi connectivity index (χ4v) is 9.55. The molecule has 75 heavy (non-hydrogen) atoms. The normalized spacial score (nSPS) is 48.8. The van der Waals surface area contributed by atoms with Crippen molar-refractivity contribution in [3.63, 3.8) is 0 Å². The Bertz CT molecular complexity index is 1740. The van der Waals surface area contributed by atoms with Crippen molar-refractivity contribution in [2.45, 2.75) is 217 Å². The Morgan fingerprint density at radius 2 is 0.853 bits per heavy atom. The van der Waals surface area contributed by atoms with Crippen LogP contribution in [0.4, 0.5) is 0 Å². The second-order valence-electron chi connectivity index (χ2n) is 19.1. The first-order chi connectivity index (χ1) is 35.7. The lowest BCUT2D eigenvalue weighted by atomic mass is 9.94. The van der Waals surface area contributed by atoms with Crippen molar-refractivity contribution < 1.29 is 148 Å². The van der Waals surface area contributed by atoms with E-state index >= 15 is 0 Å². The third-order valence-electron chi connectivity index (χ3n) is 13.9. The maximum atomic E-state index is 12.8. The number of nitrogens with one attached hydrogen (secondary N) is 1. The number of rotatable bonds is 22. The molecule has 0 unspecified atom stereocenters. The molecule has 18 N–H and O–H groups in total. The summed E-state index contributed by atoms with van der Waals surface area (Å²) in [7, 11) is 0. The number of carbonyl (C=O) groups excluding carboxylic acids is 1. The third-order valence-corrected chi connectivity index (χ3v) is 13.9. The first-order valence-corrected chi connectivity index (χ1v) is 24.6. The largest absolute Gasteiger partial charge is 0.394 e. The molecule has 6 heterocycles. The Morgan fingerprint density at radius 1 is 0.440 bits per heavy atom. The van der Waals surface area contributed by atoms with Gasteiger partial charge in [0, 0.05) is 13.5 Å². The third kappa shape index (κ3) is 14.0. The Labute approximate surface area is 428 Å². The number of hydrogen-bond donors (Lipinski definition) is 18. The Hall–Kier alpha value is -1.95. The van der Waals surface area contributed by atoms with Crippen LogP contribution in [0, 0.1) is 0 Å². The van der Waals surface area contributed by atoms with E-state index in [0.717, 1.165) is 6.92 Å². The van der Waals surface area contributed by atoms with Gasteiger partial charge in [-0.1, -0.05) is 6.08 Å². The zero-order valence-electron chi connectivity index (χ0n) is 40.9. The molecule has 0 spiro atoms. The van der Waals surface area contributed by atoms with Gasteiger partial charge in [-0.25, -0.2) is 0 Å². The van der Waals surface area contributed by atoms with E-state index in [-0.39, 0.29) is 6.61 Å². The number of allylic oxidation sites excluding steroid dienone is 1. The van der Waals surface area contributed by atoms with E-state index in [1.165, 1.54) is 6.92 Å². The zero-order valence-corrected chi connectivity index (χ0v) is 40.9. The van der Waals surface area contributed by atoms with E-state index < -0.39 is 223 Å². The van der Waals surface area contributed by atoms with Crippen molar-refractivity contribution >= 4 is 5.91 Å². The van der Waals surface area contributed by atoms with Crippen LogP contribution in [0.5, 0.6) is 0 Å². The summed E-state index contributed by atoms with van der Waals surface area (Å²) >= 11 is 0. The van der Waals surface area contributed by atoms with Crippen LogP contribution < -0.4 is 5.32 Å². The summed E-state index contributed by atoms with van der Waals surface area (Å²) in [5, 5.41) is 186. The van der Waals surface area contributed by atoms with E-state index in [9.17, 15) is 91.6 Å². The maximum absolute atomic E-state index is 12.8. The minimum absolute atomic E-state index is 0.119. The number of ether oxygens (including phenoxy) is 12. The molecule has 30 atom stereocenters. The zero-order chi connectivity index (χ0) is 55.2. The highest BCUT2D eigenvalue weighted by molar-refractivity contribution is 5.73. The van der Waals surface area contributed by atoms with Crippen LogP contribution in [0.1, 0.15) is 33.1 Å². The van der Waals surface area contributed by atoms with Gasteiger partial charge >= 0.3 is 0 Å². The van der Waals surface area contributed by atoms with Crippen LogP contribution in [0.2, 0.25) is 0 Å². The van der Waals surface area contributed by atoms with Crippen LogP contribution in [-0.4, -0.2) is 317 Å². The molecule has 6 aliphatic rings. The first kappa shape index (κ1) is 62.3. The van der Waals surface area contributed by atoms with Crippen LogP contribution in [0.15, 0.2) is 12.7 Å². The van der Waals surface area contributed by atoms with Crippen molar-refractivity contribution in [1.29, 1.82) is 0 Å². The molecule has 436 valence electrons. The van der Waals surface area contributed by atoms with Crippen molar-refractivity contribution in [2.75, 3.05) is 39.6 Å². The van der Waals surface area contributed by atoms with Gasteiger partial charge < -0.3 is 149 Å². The van der Waals surface area contributed by atoms with Gasteiger partial charge in [-0.2, -0.15) is 0 Å². The highest BCUT2D eigenvalue weighted by atomic mass is 16.8. The van der Waals surface area contributed by atoms with E-state index in [2.05, 4.69) is 11.9 Å². The Kier molecular flexibility index (Phi) is 23.2. The smallest absolute Gasteiger partial charge is 0.217 e. The summed E-state index contributed by atoms with van der Waals surface area (Å²) in [5.41, 5.74) is 0. The molecule has 0 saturated carbocycles. The predicted octanol–water partition coefficient (Wildman–Crippen LogP) is -10.5. The maximum Gasteiger partial charge on any atom is 0.217 e. The lowest BCUT2D eigenvalue weighted by Gasteiger charge is -2.51. The van der Waals surface area contributed by atoms with Gasteiger partial charge in [0.25, 0.3) is 0 Å². The summed E-state index contributed by atoms with van der Waals surface area (Å²) in [6.07, 6.45) is -49.4. The van der Waals surface area contributed by atoms with Gasteiger partial charge in [0.1, 0.15) is 140 Å². The highest BCUT2D eigenvalue weighted by Gasteiger charge is 2.58. The number of carbonyl (C=O) groups is 1. The average Bonchev–Trinajstić information content (AvgIpc) is 3.39. The molecule has 0 bridgehead atoms. The van der Waals surface area contributed by atoms with Gasteiger partial charge in [-0.15, -0.1) is 6.58 Å². The summed E-state index contributed by atoms with van der Waals surface area (Å²) < 4.78 is 69.2. The standard InChI is InChI=1S/C44H75NO30/c1-4-5-6-7-8-64-40-31(61)28(58)34(19(12-49)69-40)71-42-32(62)29(59)35(20(13-50)70-42)72-43-33(63)37(25(55)18(11-48)67-43)74-39-21(45-15(3)51)36(24(54)17(10-47)66-39)73-44-38(27(57)23(53)16(9-46)68-44)75-41-30(60)26(56)22(52)14(2)65-41/h4,14,16-44,46-50,52-63H,1,5-13H2,2-3H3,(H,45,51)/t14-,16+,17+,18+,19+,20+,21+,22+,23-,24-,25-,26+,27-,28+,29+,30-,31+,32+,33+,34+,35-,36+,37-,38+,39-,40+,41-,42-,43+,44-/m0/s1. The van der Waals surface area contributed by atoms with Crippen LogP contribution in [0.25, 0.3) is 0 Å². The second-order valence-corrected chi connectivity index (χ2v) is 19.1. The molecule has 0 aromatic heterocycles. The molecule has 6 saturated heterocycles. The second kappa shape index (κ2) is 28.0. The van der Waals surface area contributed by atoms with Crippen molar-refractivity contribution in [3.8, 4) is 0 Å². The summed E-state index contributed by atoms with van der Waals surface area (Å²) in [4.78, 5) is 12.8. The van der Waals surface area contributed by atoms with Gasteiger partial charge in [-0.3, -0.25) is 4.79 Å². The Morgan fingerprint density at radius 3 is 1.41 bits per heavy atom. The molecule has 6 fully saturated rings. The molecule has 0 aromatic rings. The minimum atomic E-state index is -2.21. The number of aliphatic hydroxyl groups is 17. The summed E-state index contributed by atoms with van der Waals surface area (Å²) in [6, 6.07) is -1.78. The molecule has 31 nitrogen and oxygen atoms in total. The average molecular weight is 1100 g/mol. The lowest BCUT2D eigenvalue weighted by Crippen LogP contribution is -2.70. The molecule has 1 amide bonds. The number of aliphatic hydroxyl groups excluding tert-OH is 17. The number of hydrogen-bond acceptors (Lipinski definition) is 30. The van der Waals surface area contributed by atoms with Crippen LogP contribution >= 0.6 is 0 Å². The quantitative estimate of drug-likeness (QED) is 0.0354. The van der Waals surface area contributed by atoms with Gasteiger partial charge in [0.05, 0.1) is 39.1 Å². The minimum Gasteiger partial charge on any atom is -0.394 e. The summed E-state index contributed by atoms with van der Waals surface area (Å²) in [5.74, 6) is -0.858. The van der Waals surface area contributed by atoms with Gasteiger partial charge in [-0.05, 0) is 26.2 Å². The fourth-order valence-electron chi connectivity index (χ4n) is 9.55. The van der Waals surface area contributed by atoms with Crippen molar-refractivity contribution in [1.82, 2.24) is 5.32 Å². The van der Waals surface area contributed by atoms with Crippen LogP contribution in [0.3, 0.4) is 0 Å². The number of amides is 1. The van der Waals surface area contributed by atoms with Gasteiger partial charge in [0.2, 0.25) is 5.91 Å². The molecule has 6 rings (SSSR count). The van der Waals surface area contributed by atoms with E-state index in [4.69, 9.17) is 56.8 Å². The molecule has 0 aromatic carbocycles. The van der Waals surface area contributed by atoms with Crippen molar-refractivity contribution in [3.05, 3.63) is 12.7 Å². The van der Waals surface area contributed by atoms with Crippen molar-refractivity contribution in [2.24, 2.45) is 0 Å². The predicted molar refractivity (Wildman–Crippen MR) is 237 cm³/mol. The Balaban J connectivity index is 1.20. The lowest BCUT2D eigenvalue weighted by molar-refractivity contribution is -0.393. The molecule has 0 radical (unpaired) electrons. The topological polar surface area (TPSA) is 484 Å². The SMILES string of the molecule is C=CCCCCO[C@@H]1O[C@H](CO)[C@@H](O[C@@H]2O[C@H](CO)[C@H](O[C@H]3O[C@H](CO)[C@H](O)[C@H](O[C@@H]4O[C@H](CO)[C@H](O)[C@H](O[C@@H]5O[C@H](CO)[C@H](O)[C@H](O)[C@H]5O[C@@H]5O[C@@H](C)[C@@H](O)[C@@H](O)[C@@H]5O)[C@H]4NC(C)=O)[C@H]3O)[C@H](O)[C@H]2O)[C@H](O)[C@H]1O. The van der Waals surface area contributed by atoms with E-state index in [1.807, 2.05) is 0 Å². The van der Waals surface area contributed by atoms with Gasteiger partial charge in [0.15, 0.2) is 37.7 Å². The van der Waals surface area contributed by atoms with E-state index in [0.29, 0.717) is 19.3 Å². The summed E-state index contributed by atoms with van der Waals surface area (Å²) in [6.45, 7) is 1.33. The highest BCUT2D eigenvalue weighted by Crippen LogP contribution is 2.37. The number of unbranched alkanes of at least 4 members (excludes halogenated alkanes) is 2. The molecule has 31 heteroatoms. The molecule has 6 aliphatic heterocycles. The van der Waals surface area contributed by atoms with E-state index in [1.54, 1.807) is 6.08 Å². The monoisotopic (exact) mass is 1100 g/mol. The molecular weight excluding hydrogens is 1020 g/mol. The molecular formula is C44H75NO30. The fraction of sp³-hybridized carbons (Fsp3) is 0.932. The van der Waals surface area contributed by atoms with Crippen LogP contribution in [-0.2, 0) is 61.6 Å². The first-order valence-electron chi connectivity index (χ1n) is 24.6. The molecule has 0 aliphatic carbocycles.